The van der Waals surface area contributed by atoms with Crippen molar-refractivity contribution >= 4 is 15.9 Å². The molecule has 1 rings (SSSR count). The third-order valence-corrected chi connectivity index (χ3v) is 3.36. The van der Waals surface area contributed by atoms with Crippen LogP contribution in [0.5, 0.6) is 0 Å². The molecular weight excluding hydrogens is 278 g/mol. The largest absolute Gasteiger partial charge is 0.381 e. The van der Waals surface area contributed by atoms with Crippen LogP contribution in [-0.4, -0.2) is 25.8 Å². The Morgan fingerprint density at radius 2 is 2.00 bits per heavy atom. The lowest BCUT2D eigenvalue weighted by molar-refractivity contribution is 0.131. The maximum atomic E-state index is 5.58. The normalized spacial score (nSPS) is 13.0. The van der Waals surface area contributed by atoms with Crippen molar-refractivity contribution in [3.8, 4) is 0 Å². The van der Waals surface area contributed by atoms with E-state index in [0.717, 1.165) is 24.2 Å². The molecule has 0 heterocycles. The van der Waals surface area contributed by atoms with Crippen molar-refractivity contribution in [3.05, 3.63) is 34.3 Å². The molecule has 0 aliphatic rings. The fourth-order valence-corrected chi connectivity index (χ4v) is 2.31. The molecule has 2 nitrogen and oxygen atoms in total. The van der Waals surface area contributed by atoms with Crippen molar-refractivity contribution < 1.29 is 4.74 Å². The fourth-order valence-electron chi connectivity index (χ4n) is 1.70. The first-order chi connectivity index (χ1) is 8.15. The van der Waals surface area contributed by atoms with Gasteiger partial charge in [0, 0.05) is 29.6 Å². The highest BCUT2D eigenvalue weighted by Crippen LogP contribution is 2.24. The molecule has 1 unspecified atom stereocenters. The molecule has 1 N–H and O–H groups in total. The van der Waals surface area contributed by atoms with E-state index in [4.69, 9.17) is 4.74 Å². The molecule has 0 aliphatic carbocycles. The summed E-state index contributed by atoms with van der Waals surface area (Å²) in [6.45, 7) is 8.84. The highest BCUT2D eigenvalue weighted by Gasteiger charge is 2.14. The average Bonchev–Trinajstić information content (AvgIpc) is 2.30. The maximum Gasteiger partial charge on any atom is 0.0547 e. The van der Waals surface area contributed by atoms with Crippen molar-refractivity contribution in [2.75, 3.05) is 19.8 Å². The Kier molecular flexibility index (Phi) is 6.78. The molecular formula is C14H22BrNO. The van der Waals surface area contributed by atoms with Crippen molar-refractivity contribution in [1.29, 1.82) is 0 Å². The molecule has 0 aromatic heterocycles. The van der Waals surface area contributed by atoms with Gasteiger partial charge in [-0.05, 0) is 18.6 Å². The van der Waals surface area contributed by atoms with Crippen LogP contribution in [0.3, 0.4) is 0 Å². The highest BCUT2D eigenvalue weighted by molar-refractivity contribution is 9.10. The molecule has 0 spiro atoms. The topological polar surface area (TPSA) is 21.3 Å². The van der Waals surface area contributed by atoms with Crippen LogP contribution < -0.4 is 5.32 Å². The Labute approximate surface area is 113 Å². The first-order valence-electron chi connectivity index (χ1n) is 6.20. The maximum absolute atomic E-state index is 5.58. The number of ether oxygens (including phenoxy) is 1. The van der Waals surface area contributed by atoms with Crippen LogP contribution in [0, 0.1) is 0 Å². The quantitative estimate of drug-likeness (QED) is 0.831. The Bertz CT molecular complexity index is 328. The van der Waals surface area contributed by atoms with Crippen molar-refractivity contribution in [2.45, 2.75) is 32.7 Å². The van der Waals surface area contributed by atoms with Gasteiger partial charge < -0.3 is 10.1 Å². The first-order valence-corrected chi connectivity index (χ1v) is 7.00. The van der Waals surface area contributed by atoms with Crippen molar-refractivity contribution in [1.82, 2.24) is 5.32 Å². The molecule has 1 aromatic carbocycles. The summed E-state index contributed by atoms with van der Waals surface area (Å²) in [5.41, 5.74) is 1.31. The molecule has 0 saturated carbocycles. The van der Waals surface area contributed by atoms with E-state index in [2.05, 4.69) is 53.3 Å². The second-order valence-electron chi connectivity index (χ2n) is 4.44. The standard InChI is InChI=1S/C14H22BrNO/c1-4-17-10-12(9-16-11(2)3)13-7-5-6-8-14(13)15/h5-8,11-12,16H,4,9-10H2,1-3H3. The summed E-state index contributed by atoms with van der Waals surface area (Å²) >= 11 is 3.61. The lowest BCUT2D eigenvalue weighted by Crippen LogP contribution is -2.30. The van der Waals surface area contributed by atoms with Gasteiger partial charge in [-0.25, -0.2) is 0 Å². The lowest BCUT2D eigenvalue weighted by Gasteiger charge is -2.20. The SMILES string of the molecule is CCOCC(CNC(C)C)c1ccccc1Br. The number of nitrogens with one attached hydrogen (secondary N) is 1. The van der Waals surface area contributed by atoms with E-state index in [9.17, 15) is 0 Å². The third kappa shape index (κ3) is 5.19. The summed E-state index contributed by atoms with van der Waals surface area (Å²) < 4.78 is 6.74. The molecule has 17 heavy (non-hydrogen) atoms. The second-order valence-corrected chi connectivity index (χ2v) is 5.30. The molecule has 1 aromatic rings. The predicted molar refractivity (Wildman–Crippen MR) is 76.5 cm³/mol. The summed E-state index contributed by atoms with van der Waals surface area (Å²) in [6, 6.07) is 8.87. The lowest BCUT2D eigenvalue weighted by atomic mass is 10.00. The zero-order chi connectivity index (χ0) is 12.7. The Morgan fingerprint density at radius 3 is 2.59 bits per heavy atom. The van der Waals surface area contributed by atoms with Crippen LogP contribution in [-0.2, 0) is 4.74 Å². The number of hydrogen-bond acceptors (Lipinski definition) is 2. The molecule has 0 saturated heterocycles. The van der Waals surface area contributed by atoms with E-state index in [0.29, 0.717) is 12.0 Å². The monoisotopic (exact) mass is 299 g/mol. The minimum absolute atomic E-state index is 0.396. The van der Waals surface area contributed by atoms with E-state index in [1.54, 1.807) is 0 Å². The van der Waals surface area contributed by atoms with Gasteiger partial charge in [0.05, 0.1) is 6.61 Å². The molecule has 0 amide bonds. The smallest absolute Gasteiger partial charge is 0.0547 e. The van der Waals surface area contributed by atoms with E-state index in [-0.39, 0.29) is 0 Å². The highest BCUT2D eigenvalue weighted by atomic mass is 79.9. The van der Waals surface area contributed by atoms with Crippen LogP contribution in [0.1, 0.15) is 32.3 Å². The Morgan fingerprint density at radius 1 is 1.29 bits per heavy atom. The second kappa shape index (κ2) is 7.85. The Hall–Kier alpha value is -0.380. The number of halogens is 1. The van der Waals surface area contributed by atoms with Gasteiger partial charge in [-0.3, -0.25) is 0 Å². The minimum atomic E-state index is 0.396. The molecule has 0 aliphatic heterocycles. The first kappa shape index (κ1) is 14.7. The molecule has 96 valence electrons. The van der Waals surface area contributed by atoms with Crippen LogP contribution in [0.25, 0.3) is 0 Å². The van der Waals surface area contributed by atoms with Crippen molar-refractivity contribution in [2.24, 2.45) is 0 Å². The minimum Gasteiger partial charge on any atom is -0.381 e. The number of benzene rings is 1. The summed E-state index contributed by atoms with van der Waals surface area (Å²) in [6.07, 6.45) is 0. The van der Waals surface area contributed by atoms with Gasteiger partial charge in [-0.2, -0.15) is 0 Å². The van der Waals surface area contributed by atoms with Crippen LogP contribution in [0.2, 0.25) is 0 Å². The molecule has 1 atom stereocenters. The third-order valence-electron chi connectivity index (χ3n) is 2.64. The fraction of sp³-hybridized carbons (Fsp3) is 0.571. The van der Waals surface area contributed by atoms with Gasteiger partial charge in [0.2, 0.25) is 0 Å². The van der Waals surface area contributed by atoms with Crippen LogP contribution in [0.4, 0.5) is 0 Å². The van der Waals surface area contributed by atoms with Crippen LogP contribution >= 0.6 is 15.9 Å². The summed E-state index contributed by atoms with van der Waals surface area (Å²) in [7, 11) is 0. The predicted octanol–water partition coefficient (Wildman–Crippen LogP) is 3.57. The Balaban J connectivity index is 2.71. The van der Waals surface area contributed by atoms with Crippen LogP contribution in [0.15, 0.2) is 28.7 Å². The summed E-state index contributed by atoms with van der Waals surface area (Å²) in [4.78, 5) is 0. The van der Waals surface area contributed by atoms with Gasteiger partial charge in [-0.15, -0.1) is 0 Å². The molecule has 0 bridgehead atoms. The molecule has 3 heteroatoms. The molecule has 0 fully saturated rings. The summed E-state index contributed by atoms with van der Waals surface area (Å²) in [5, 5.41) is 3.48. The number of hydrogen-bond donors (Lipinski definition) is 1. The average molecular weight is 300 g/mol. The molecule has 0 radical (unpaired) electrons. The van der Waals surface area contributed by atoms with Gasteiger partial charge in [0.25, 0.3) is 0 Å². The van der Waals surface area contributed by atoms with Gasteiger partial charge in [0.15, 0.2) is 0 Å². The zero-order valence-corrected chi connectivity index (χ0v) is 12.5. The number of rotatable bonds is 7. The van der Waals surface area contributed by atoms with E-state index in [1.165, 1.54) is 5.56 Å². The van der Waals surface area contributed by atoms with Gasteiger partial charge in [-0.1, -0.05) is 48.0 Å². The van der Waals surface area contributed by atoms with Gasteiger partial charge >= 0.3 is 0 Å². The zero-order valence-electron chi connectivity index (χ0n) is 10.9. The van der Waals surface area contributed by atoms with E-state index in [1.807, 2.05) is 13.0 Å². The van der Waals surface area contributed by atoms with E-state index < -0.39 is 0 Å². The van der Waals surface area contributed by atoms with E-state index >= 15 is 0 Å². The van der Waals surface area contributed by atoms with Gasteiger partial charge in [0.1, 0.15) is 0 Å². The summed E-state index contributed by atoms with van der Waals surface area (Å²) in [5.74, 6) is 0.396. The van der Waals surface area contributed by atoms with Crippen molar-refractivity contribution in [3.63, 3.8) is 0 Å².